The van der Waals surface area contributed by atoms with Crippen LogP contribution in [0.4, 0.5) is 28.8 Å². The number of rotatable bonds is 5. The van der Waals surface area contributed by atoms with Gasteiger partial charge in [0, 0.05) is 36.2 Å². The third-order valence-corrected chi connectivity index (χ3v) is 4.05. The van der Waals surface area contributed by atoms with E-state index in [2.05, 4.69) is 25.8 Å². The van der Waals surface area contributed by atoms with Gasteiger partial charge >= 0.3 is 0 Å². The summed E-state index contributed by atoms with van der Waals surface area (Å²) in [7, 11) is 4.00. The quantitative estimate of drug-likeness (QED) is 0.708. The van der Waals surface area contributed by atoms with E-state index in [9.17, 15) is 0 Å². The van der Waals surface area contributed by atoms with Crippen LogP contribution >= 0.6 is 11.6 Å². The molecule has 0 saturated heterocycles. The lowest BCUT2D eigenvalue weighted by Crippen LogP contribution is -2.08. The van der Waals surface area contributed by atoms with Crippen molar-refractivity contribution < 1.29 is 0 Å². The Labute approximate surface area is 151 Å². The van der Waals surface area contributed by atoms with E-state index >= 15 is 0 Å². The molecular weight excluding hydrogens is 336 g/mol. The zero-order valence-corrected chi connectivity index (χ0v) is 15.0. The minimum Gasteiger partial charge on any atom is -0.378 e. The third kappa shape index (κ3) is 4.36. The van der Waals surface area contributed by atoms with E-state index in [0.717, 1.165) is 22.6 Å². The van der Waals surface area contributed by atoms with Crippen LogP contribution in [0.2, 0.25) is 5.02 Å². The van der Waals surface area contributed by atoms with Gasteiger partial charge in [-0.2, -0.15) is 10.1 Å². The maximum atomic E-state index is 6.15. The molecule has 1 aromatic heterocycles. The molecule has 0 amide bonds. The van der Waals surface area contributed by atoms with Crippen LogP contribution in [-0.4, -0.2) is 29.3 Å². The average Bonchev–Trinajstić information content (AvgIpc) is 2.59. The van der Waals surface area contributed by atoms with E-state index in [0.29, 0.717) is 16.8 Å². The molecule has 25 heavy (non-hydrogen) atoms. The molecule has 0 spiro atoms. The fourth-order valence-corrected chi connectivity index (χ4v) is 2.39. The monoisotopic (exact) mass is 354 g/mol. The van der Waals surface area contributed by atoms with Crippen LogP contribution in [0.3, 0.4) is 0 Å². The van der Waals surface area contributed by atoms with E-state index in [1.807, 2.05) is 68.4 Å². The van der Waals surface area contributed by atoms with E-state index in [1.54, 1.807) is 6.20 Å². The molecule has 7 heteroatoms. The van der Waals surface area contributed by atoms with Gasteiger partial charge in [0.15, 0.2) is 5.82 Å². The first kappa shape index (κ1) is 17.0. The normalized spacial score (nSPS) is 10.4. The Morgan fingerprint density at radius 2 is 1.68 bits per heavy atom. The lowest BCUT2D eigenvalue weighted by Gasteiger charge is -2.13. The van der Waals surface area contributed by atoms with Crippen LogP contribution in [0.15, 0.2) is 48.7 Å². The van der Waals surface area contributed by atoms with Gasteiger partial charge in [-0.15, -0.1) is 5.10 Å². The summed E-state index contributed by atoms with van der Waals surface area (Å²) < 4.78 is 0. The van der Waals surface area contributed by atoms with Gasteiger partial charge in [-0.3, -0.25) is 0 Å². The minimum atomic E-state index is 0.417. The van der Waals surface area contributed by atoms with Crippen LogP contribution < -0.4 is 15.5 Å². The molecule has 0 fully saturated rings. The van der Waals surface area contributed by atoms with Crippen molar-refractivity contribution in [1.29, 1.82) is 0 Å². The molecule has 6 nitrogen and oxygen atoms in total. The van der Waals surface area contributed by atoms with Crippen LogP contribution in [-0.2, 0) is 0 Å². The second-order valence-corrected chi connectivity index (χ2v) is 6.23. The summed E-state index contributed by atoms with van der Waals surface area (Å²) in [4.78, 5) is 6.46. The summed E-state index contributed by atoms with van der Waals surface area (Å²) in [6, 6.07) is 13.7. The van der Waals surface area contributed by atoms with Crippen molar-refractivity contribution in [1.82, 2.24) is 15.2 Å². The van der Waals surface area contributed by atoms with E-state index in [1.165, 1.54) is 0 Å². The van der Waals surface area contributed by atoms with Crippen molar-refractivity contribution in [3.05, 3.63) is 59.2 Å². The van der Waals surface area contributed by atoms with Gasteiger partial charge in [0.1, 0.15) is 0 Å². The molecule has 0 unspecified atom stereocenters. The van der Waals surface area contributed by atoms with Crippen LogP contribution in [0, 0.1) is 6.92 Å². The summed E-state index contributed by atoms with van der Waals surface area (Å²) in [6.07, 6.45) is 1.56. The number of benzene rings is 2. The molecule has 2 aromatic carbocycles. The first-order valence-electron chi connectivity index (χ1n) is 7.78. The fraction of sp³-hybridized carbons (Fsp3) is 0.167. The van der Waals surface area contributed by atoms with Gasteiger partial charge in [-0.05, 0) is 48.9 Å². The highest BCUT2D eigenvalue weighted by molar-refractivity contribution is 6.31. The molecule has 0 aliphatic rings. The SMILES string of the molecule is Cc1ccc(Nc2cnnc(Nc3ccc(N(C)C)cc3)n2)cc1Cl. The molecule has 128 valence electrons. The number of hydrogen-bond acceptors (Lipinski definition) is 6. The highest BCUT2D eigenvalue weighted by Gasteiger charge is 2.04. The van der Waals surface area contributed by atoms with E-state index in [4.69, 9.17) is 11.6 Å². The number of nitrogens with zero attached hydrogens (tertiary/aromatic N) is 4. The molecule has 0 radical (unpaired) electrons. The standard InChI is InChI=1S/C18H19ClN6/c1-12-4-5-14(10-16(12)19)21-17-11-20-24-18(23-17)22-13-6-8-15(9-7-13)25(2)3/h4-11H,1-3H3,(H2,21,22,23,24). The van der Waals surface area contributed by atoms with Crippen molar-refractivity contribution in [2.45, 2.75) is 6.92 Å². The lowest BCUT2D eigenvalue weighted by atomic mass is 10.2. The smallest absolute Gasteiger partial charge is 0.249 e. The summed E-state index contributed by atoms with van der Waals surface area (Å²) >= 11 is 6.15. The zero-order valence-electron chi connectivity index (χ0n) is 14.3. The minimum absolute atomic E-state index is 0.417. The summed E-state index contributed by atoms with van der Waals surface area (Å²) in [5.74, 6) is 1.00. The highest BCUT2D eigenvalue weighted by Crippen LogP contribution is 2.23. The second kappa shape index (κ2) is 7.36. The van der Waals surface area contributed by atoms with Crippen molar-refractivity contribution in [3.63, 3.8) is 0 Å². The van der Waals surface area contributed by atoms with Gasteiger partial charge in [0.25, 0.3) is 0 Å². The summed E-state index contributed by atoms with van der Waals surface area (Å²) in [5.41, 5.74) is 3.88. The Kier molecular flexibility index (Phi) is 5.00. The van der Waals surface area contributed by atoms with Crippen LogP contribution in [0.1, 0.15) is 5.56 Å². The Morgan fingerprint density at radius 3 is 2.36 bits per heavy atom. The first-order chi connectivity index (χ1) is 12.0. The zero-order chi connectivity index (χ0) is 17.8. The number of aromatic nitrogens is 3. The van der Waals surface area contributed by atoms with Crippen LogP contribution in [0.25, 0.3) is 0 Å². The summed E-state index contributed by atoms with van der Waals surface area (Å²) in [5, 5.41) is 15.0. The molecule has 3 rings (SSSR count). The number of halogens is 1. The van der Waals surface area contributed by atoms with Gasteiger partial charge in [0.05, 0.1) is 6.20 Å². The van der Waals surface area contributed by atoms with Crippen molar-refractivity contribution in [3.8, 4) is 0 Å². The Hall–Kier alpha value is -2.86. The van der Waals surface area contributed by atoms with Gasteiger partial charge < -0.3 is 15.5 Å². The fourth-order valence-electron chi connectivity index (χ4n) is 2.21. The Morgan fingerprint density at radius 1 is 0.960 bits per heavy atom. The molecule has 0 aliphatic carbocycles. The Balaban J connectivity index is 1.73. The molecule has 1 heterocycles. The van der Waals surface area contributed by atoms with Crippen LogP contribution in [0.5, 0.6) is 0 Å². The predicted octanol–water partition coefficient (Wildman–Crippen LogP) is 4.39. The molecule has 0 bridgehead atoms. The molecule has 0 atom stereocenters. The number of aryl methyl sites for hydroxylation is 1. The number of hydrogen-bond donors (Lipinski definition) is 2. The van der Waals surface area contributed by atoms with Gasteiger partial charge in [-0.1, -0.05) is 17.7 Å². The van der Waals surface area contributed by atoms with E-state index in [-0.39, 0.29) is 0 Å². The Bertz CT molecular complexity index is 864. The van der Waals surface area contributed by atoms with Gasteiger partial charge in [0.2, 0.25) is 5.95 Å². The maximum Gasteiger partial charge on any atom is 0.249 e. The molecule has 0 saturated carbocycles. The van der Waals surface area contributed by atoms with E-state index < -0.39 is 0 Å². The predicted molar refractivity (Wildman–Crippen MR) is 103 cm³/mol. The van der Waals surface area contributed by atoms with Gasteiger partial charge in [-0.25, -0.2) is 0 Å². The molecule has 3 aromatic rings. The topological polar surface area (TPSA) is 66.0 Å². The first-order valence-corrected chi connectivity index (χ1v) is 8.16. The van der Waals surface area contributed by atoms with Crippen molar-refractivity contribution in [2.24, 2.45) is 0 Å². The molecular formula is C18H19ClN6. The second-order valence-electron chi connectivity index (χ2n) is 5.82. The summed E-state index contributed by atoms with van der Waals surface area (Å²) in [6.45, 7) is 1.96. The molecule has 0 aliphatic heterocycles. The third-order valence-electron chi connectivity index (χ3n) is 3.64. The highest BCUT2D eigenvalue weighted by atomic mass is 35.5. The molecule has 2 N–H and O–H groups in total. The maximum absolute atomic E-state index is 6.15. The van der Waals surface area contributed by atoms with Crippen molar-refractivity contribution in [2.75, 3.05) is 29.6 Å². The number of anilines is 5. The average molecular weight is 355 g/mol. The number of nitrogens with one attached hydrogen (secondary N) is 2. The van der Waals surface area contributed by atoms with Crippen molar-refractivity contribution >= 4 is 40.4 Å². The lowest BCUT2D eigenvalue weighted by molar-refractivity contribution is 0.982. The largest absolute Gasteiger partial charge is 0.378 e.